The average Bonchev–Trinajstić information content (AvgIpc) is 3.58. The van der Waals surface area contributed by atoms with E-state index in [4.69, 9.17) is 4.42 Å². The third kappa shape index (κ3) is 3.27. The molecule has 7 aromatic carbocycles. The van der Waals surface area contributed by atoms with Crippen molar-refractivity contribution in [2.45, 2.75) is 0 Å². The zero-order chi connectivity index (χ0) is 27.6. The minimum Gasteiger partial charge on any atom is -0.454 e. The first-order chi connectivity index (χ1) is 20.9. The van der Waals surface area contributed by atoms with Crippen molar-refractivity contribution in [3.05, 3.63) is 152 Å². The van der Waals surface area contributed by atoms with Crippen LogP contribution in [0, 0.1) is 0 Å². The second kappa shape index (κ2) is 8.95. The quantitative estimate of drug-likeness (QED) is 0.206. The minimum atomic E-state index is 0.897. The topological polar surface area (TPSA) is 18.1 Å². The van der Waals surface area contributed by atoms with Gasteiger partial charge in [-0.1, -0.05) is 115 Å². The highest BCUT2D eigenvalue weighted by Gasteiger charge is 2.21. The molecular weight excluding hydrogens is 510 g/mol. The Hall–Kier alpha value is -5.60. The molecule has 0 saturated carbocycles. The van der Waals surface area contributed by atoms with Crippen LogP contribution in [0.5, 0.6) is 0 Å². The van der Waals surface area contributed by atoms with Crippen molar-refractivity contribution >= 4 is 54.5 Å². The standard InChI is InChI=1S/C40H25NO/c1-3-13-26(14-4-1)37-29-17-7-9-19-31(29)38(32-20-10-8-18-30(32)37)27-23-24-34-36(25-27)42-40-33-21-11-12-22-35(33)41(39(34)40)28-15-5-2-6-16-28/h1-25H. The van der Waals surface area contributed by atoms with Gasteiger partial charge in [-0.3, -0.25) is 0 Å². The summed E-state index contributed by atoms with van der Waals surface area (Å²) in [5, 5.41) is 7.22. The summed E-state index contributed by atoms with van der Waals surface area (Å²) in [7, 11) is 0. The van der Waals surface area contributed by atoms with Crippen LogP contribution in [-0.2, 0) is 0 Å². The largest absolute Gasteiger partial charge is 0.454 e. The molecule has 0 unspecified atom stereocenters. The number of nitrogens with zero attached hydrogens (tertiary/aromatic N) is 1. The number of benzene rings is 7. The van der Waals surface area contributed by atoms with Gasteiger partial charge in [0.25, 0.3) is 0 Å². The smallest absolute Gasteiger partial charge is 0.161 e. The molecule has 0 spiro atoms. The summed E-state index contributed by atoms with van der Waals surface area (Å²) in [6, 6.07) is 54.1. The van der Waals surface area contributed by atoms with Gasteiger partial charge in [-0.25, -0.2) is 0 Å². The van der Waals surface area contributed by atoms with Gasteiger partial charge in [0.1, 0.15) is 11.1 Å². The van der Waals surface area contributed by atoms with Crippen LogP contribution in [0.1, 0.15) is 0 Å². The van der Waals surface area contributed by atoms with Gasteiger partial charge in [0.2, 0.25) is 0 Å². The predicted molar refractivity (Wildman–Crippen MR) is 176 cm³/mol. The van der Waals surface area contributed by atoms with Crippen LogP contribution in [-0.4, -0.2) is 4.57 Å². The van der Waals surface area contributed by atoms with E-state index in [1.54, 1.807) is 0 Å². The number of hydrogen-bond acceptors (Lipinski definition) is 1. The number of rotatable bonds is 3. The number of aromatic nitrogens is 1. The molecule has 2 nitrogen and oxygen atoms in total. The summed E-state index contributed by atoms with van der Waals surface area (Å²) in [4.78, 5) is 0. The molecule has 0 amide bonds. The van der Waals surface area contributed by atoms with Crippen molar-refractivity contribution in [1.29, 1.82) is 0 Å². The molecule has 0 aliphatic rings. The lowest BCUT2D eigenvalue weighted by atomic mass is 9.86. The summed E-state index contributed by atoms with van der Waals surface area (Å²) in [5.41, 5.74) is 10.1. The van der Waals surface area contributed by atoms with E-state index in [0.29, 0.717) is 0 Å². The van der Waals surface area contributed by atoms with E-state index in [-0.39, 0.29) is 0 Å². The Morgan fingerprint density at radius 1 is 0.405 bits per heavy atom. The third-order valence-corrected chi connectivity index (χ3v) is 8.57. The van der Waals surface area contributed by atoms with Crippen LogP contribution in [0.25, 0.3) is 82.5 Å². The van der Waals surface area contributed by atoms with Crippen molar-refractivity contribution in [2.75, 3.05) is 0 Å². The maximum Gasteiger partial charge on any atom is 0.161 e. The fraction of sp³-hybridized carbons (Fsp3) is 0. The fourth-order valence-corrected chi connectivity index (χ4v) is 6.82. The van der Waals surface area contributed by atoms with Gasteiger partial charge in [-0.15, -0.1) is 0 Å². The highest BCUT2D eigenvalue weighted by atomic mass is 16.3. The van der Waals surface area contributed by atoms with Crippen molar-refractivity contribution in [1.82, 2.24) is 4.57 Å². The van der Waals surface area contributed by atoms with Crippen LogP contribution >= 0.6 is 0 Å². The Morgan fingerprint density at radius 3 is 1.57 bits per heavy atom. The minimum absolute atomic E-state index is 0.897. The normalized spacial score (nSPS) is 11.8. The summed E-state index contributed by atoms with van der Waals surface area (Å²) >= 11 is 0. The number of para-hydroxylation sites is 2. The van der Waals surface area contributed by atoms with E-state index in [0.717, 1.165) is 44.2 Å². The van der Waals surface area contributed by atoms with Gasteiger partial charge in [0.15, 0.2) is 5.58 Å². The van der Waals surface area contributed by atoms with Crippen molar-refractivity contribution in [3.8, 4) is 27.9 Å². The molecule has 9 rings (SSSR count). The van der Waals surface area contributed by atoms with Crippen LogP contribution in [0.2, 0.25) is 0 Å². The average molecular weight is 536 g/mol. The molecule has 0 aliphatic heterocycles. The molecule has 2 aromatic heterocycles. The predicted octanol–water partition coefficient (Wildman–Crippen LogP) is 11.2. The summed E-state index contributed by atoms with van der Waals surface area (Å²) < 4.78 is 9.06. The summed E-state index contributed by atoms with van der Waals surface area (Å²) in [5.74, 6) is 0. The van der Waals surface area contributed by atoms with Crippen molar-refractivity contribution in [2.24, 2.45) is 0 Å². The Balaban J connectivity index is 1.36. The fourth-order valence-electron chi connectivity index (χ4n) is 6.82. The number of fused-ring (bicyclic) bond motifs is 7. The SMILES string of the molecule is c1ccc(-c2c3ccccc3c(-c3ccc4c(c3)oc3c5ccccc5n(-c5ccccc5)c43)c3ccccc23)cc1. The third-order valence-electron chi connectivity index (χ3n) is 8.57. The Bertz CT molecular complexity index is 2390. The molecule has 0 saturated heterocycles. The highest BCUT2D eigenvalue weighted by Crippen LogP contribution is 2.45. The Morgan fingerprint density at radius 2 is 0.929 bits per heavy atom. The lowest BCUT2D eigenvalue weighted by Crippen LogP contribution is -1.93. The van der Waals surface area contributed by atoms with Crippen molar-refractivity contribution < 1.29 is 4.42 Å². The molecule has 2 heterocycles. The number of furan rings is 1. The van der Waals surface area contributed by atoms with Gasteiger partial charge in [0, 0.05) is 16.5 Å². The zero-order valence-electron chi connectivity index (χ0n) is 22.8. The van der Waals surface area contributed by atoms with Crippen molar-refractivity contribution in [3.63, 3.8) is 0 Å². The van der Waals surface area contributed by atoms with E-state index < -0.39 is 0 Å². The maximum atomic E-state index is 6.73. The molecule has 2 heteroatoms. The Labute approximate surface area is 242 Å². The van der Waals surface area contributed by atoms with E-state index in [2.05, 4.69) is 156 Å². The summed E-state index contributed by atoms with van der Waals surface area (Å²) in [6.07, 6.45) is 0. The monoisotopic (exact) mass is 535 g/mol. The van der Waals surface area contributed by atoms with Gasteiger partial charge in [-0.2, -0.15) is 0 Å². The van der Waals surface area contributed by atoms with Crippen LogP contribution < -0.4 is 0 Å². The van der Waals surface area contributed by atoms with Gasteiger partial charge in [0.05, 0.1) is 5.52 Å². The second-order valence-electron chi connectivity index (χ2n) is 10.9. The molecule has 0 radical (unpaired) electrons. The van der Waals surface area contributed by atoms with E-state index in [1.807, 2.05) is 0 Å². The Kier molecular flexibility index (Phi) is 4.93. The molecule has 0 aliphatic carbocycles. The first kappa shape index (κ1) is 23.1. The first-order valence-electron chi connectivity index (χ1n) is 14.4. The van der Waals surface area contributed by atoms with Gasteiger partial charge >= 0.3 is 0 Å². The molecular formula is C40H25NO. The molecule has 0 fully saturated rings. The number of hydrogen-bond donors (Lipinski definition) is 0. The zero-order valence-corrected chi connectivity index (χ0v) is 22.8. The molecule has 0 N–H and O–H groups in total. The molecule has 42 heavy (non-hydrogen) atoms. The molecule has 0 bridgehead atoms. The van der Waals surface area contributed by atoms with Crippen LogP contribution in [0.15, 0.2) is 156 Å². The lowest BCUT2D eigenvalue weighted by molar-refractivity contribution is 0.673. The summed E-state index contributed by atoms with van der Waals surface area (Å²) in [6.45, 7) is 0. The second-order valence-corrected chi connectivity index (χ2v) is 10.9. The van der Waals surface area contributed by atoms with Crippen LogP contribution in [0.4, 0.5) is 0 Å². The molecule has 9 aromatic rings. The van der Waals surface area contributed by atoms with E-state index >= 15 is 0 Å². The maximum absolute atomic E-state index is 6.73. The van der Waals surface area contributed by atoms with Gasteiger partial charge in [-0.05, 0) is 80.2 Å². The molecule has 196 valence electrons. The highest BCUT2D eigenvalue weighted by molar-refractivity contribution is 6.22. The van der Waals surface area contributed by atoms with E-state index in [1.165, 1.54) is 38.2 Å². The van der Waals surface area contributed by atoms with Gasteiger partial charge < -0.3 is 8.98 Å². The van der Waals surface area contributed by atoms with E-state index in [9.17, 15) is 0 Å². The molecule has 0 atom stereocenters. The van der Waals surface area contributed by atoms with Crippen LogP contribution in [0.3, 0.4) is 0 Å². The lowest BCUT2D eigenvalue weighted by Gasteiger charge is -2.17. The first-order valence-corrected chi connectivity index (χ1v) is 14.4.